The van der Waals surface area contributed by atoms with Crippen molar-refractivity contribution in [1.82, 2.24) is 19.2 Å². The highest BCUT2D eigenvalue weighted by atomic mass is 16.2. The number of anilines is 1. The molecule has 0 unspecified atom stereocenters. The van der Waals surface area contributed by atoms with Gasteiger partial charge in [-0.1, -0.05) is 42.8 Å². The topological polar surface area (TPSA) is 81.3 Å². The average Bonchev–Trinajstić information content (AvgIpc) is 3.18. The lowest BCUT2D eigenvalue weighted by Gasteiger charge is -2.12. The molecule has 0 radical (unpaired) electrons. The number of rotatable bonds is 5. The minimum atomic E-state index is -0.277. The number of amides is 1. The highest BCUT2D eigenvalue weighted by Gasteiger charge is 2.16. The molecule has 0 aliphatic carbocycles. The largest absolute Gasteiger partial charge is 0.325 e. The van der Waals surface area contributed by atoms with Crippen LogP contribution in [0, 0.1) is 13.8 Å². The van der Waals surface area contributed by atoms with E-state index in [1.807, 2.05) is 55.5 Å². The van der Waals surface area contributed by atoms with Crippen molar-refractivity contribution in [3.63, 3.8) is 0 Å². The van der Waals surface area contributed by atoms with E-state index in [-0.39, 0.29) is 18.0 Å². The number of aryl methyl sites for hydroxylation is 3. The molecular formula is C23H23N5O2. The van der Waals surface area contributed by atoms with E-state index in [4.69, 9.17) is 0 Å². The molecule has 1 amide bonds. The Morgan fingerprint density at radius 1 is 1.07 bits per heavy atom. The van der Waals surface area contributed by atoms with Gasteiger partial charge in [0, 0.05) is 23.0 Å². The zero-order valence-corrected chi connectivity index (χ0v) is 17.2. The van der Waals surface area contributed by atoms with E-state index < -0.39 is 0 Å². The van der Waals surface area contributed by atoms with E-state index >= 15 is 0 Å². The van der Waals surface area contributed by atoms with Crippen molar-refractivity contribution in [3.05, 3.63) is 81.8 Å². The van der Waals surface area contributed by atoms with E-state index in [0.717, 1.165) is 23.2 Å². The maximum absolute atomic E-state index is 12.7. The number of nitrogens with zero attached hydrogens (tertiary/aromatic N) is 4. The van der Waals surface area contributed by atoms with Crippen molar-refractivity contribution < 1.29 is 4.79 Å². The molecule has 4 rings (SSSR count). The number of hydrogen-bond acceptors (Lipinski definition) is 4. The first-order valence-corrected chi connectivity index (χ1v) is 9.87. The van der Waals surface area contributed by atoms with Crippen molar-refractivity contribution >= 4 is 17.4 Å². The van der Waals surface area contributed by atoms with Gasteiger partial charge in [-0.05, 0) is 44.0 Å². The number of carbonyl (C=O) groups is 1. The van der Waals surface area contributed by atoms with Crippen LogP contribution in [-0.4, -0.2) is 25.1 Å². The van der Waals surface area contributed by atoms with E-state index in [0.29, 0.717) is 17.3 Å². The molecule has 7 heteroatoms. The number of nitrogens with one attached hydrogen (secondary N) is 1. The molecule has 0 aliphatic heterocycles. The molecule has 0 saturated heterocycles. The first-order valence-electron chi connectivity index (χ1n) is 9.87. The van der Waals surface area contributed by atoms with E-state index in [1.165, 1.54) is 16.1 Å². The highest BCUT2D eigenvalue weighted by molar-refractivity contribution is 5.90. The van der Waals surface area contributed by atoms with E-state index in [1.54, 1.807) is 11.5 Å². The third-order valence-corrected chi connectivity index (χ3v) is 5.02. The summed E-state index contributed by atoms with van der Waals surface area (Å²) in [6.07, 6.45) is 0.943. The summed E-state index contributed by atoms with van der Waals surface area (Å²) in [5.41, 5.74) is 4.20. The molecule has 30 heavy (non-hydrogen) atoms. The zero-order valence-electron chi connectivity index (χ0n) is 17.2. The van der Waals surface area contributed by atoms with Gasteiger partial charge in [0.2, 0.25) is 11.7 Å². The predicted molar refractivity (Wildman–Crippen MR) is 117 cm³/mol. The fourth-order valence-corrected chi connectivity index (χ4v) is 3.37. The molecule has 1 N–H and O–H groups in total. The second kappa shape index (κ2) is 7.94. The Morgan fingerprint density at radius 2 is 1.83 bits per heavy atom. The third kappa shape index (κ3) is 3.87. The normalized spacial score (nSPS) is 11.0. The second-order valence-electron chi connectivity index (χ2n) is 7.33. The molecular weight excluding hydrogens is 378 g/mol. The smallest absolute Gasteiger partial charge is 0.275 e. The van der Waals surface area contributed by atoms with Gasteiger partial charge in [-0.3, -0.25) is 9.59 Å². The molecule has 152 valence electrons. The molecule has 0 saturated carbocycles. The number of carbonyl (C=O) groups excluding carboxylic acids is 1. The fourth-order valence-electron chi connectivity index (χ4n) is 3.37. The molecule has 0 atom stereocenters. The summed E-state index contributed by atoms with van der Waals surface area (Å²) in [5.74, 6) is 0.590. The maximum Gasteiger partial charge on any atom is 0.275 e. The Bertz CT molecular complexity index is 1290. The van der Waals surface area contributed by atoms with E-state index in [2.05, 4.69) is 22.3 Å². The van der Waals surface area contributed by atoms with Gasteiger partial charge in [-0.25, -0.2) is 0 Å². The SMILES string of the molecule is CCc1ccc(NC(=O)Cn2c(C)cc(=O)n3nc(-c4cccc(C)c4)nc23)cc1. The quantitative estimate of drug-likeness (QED) is 0.556. The first kappa shape index (κ1) is 19.6. The van der Waals surface area contributed by atoms with Gasteiger partial charge < -0.3 is 9.88 Å². The average molecular weight is 401 g/mol. The summed E-state index contributed by atoms with van der Waals surface area (Å²) in [5, 5.41) is 7.28. The van der Waals surface area contributed by atoms with Crippen LogP contribution < -0.4 is 10.9 Å². The van der Waals surface area contributed by atoms with Gasteiger partial charge in [0.25, 0.3) is 5.56 Å². The maximum atomic E-state index is 12.7. The molecule has 2 heterocycles. The summed E-state index contributed by atoms with van der Waals surface area (Å²) in [7, 11) is 0. The summed E-state index contributed by atoms with van der Waals surface area (Å²) in [4.78, 5) is 29.7. The summed E-state index contributed by atoms with van der Waals surface area (Å²) >= 11 is 0. The van der Waals surface area contributed by atoms with Gasteiger partial charge in [0.15, 0.2) is 5.82 Å². The molecule has 2 aromatic heterocycles. The Balaban J connectivity index is 1.67. The Morgan fingerprint density at radius 3 is 2.53 bits per heavy atom. The highest BCUT2D eigenvalue weighted by Crippen LogP contribution is 2.18. The molecule has 4 aromatic rings. The Kier molecular flexibility index (Phi) is 5.18. The van der Waals surface area contributed by atoms with Crippen LogP contribution in [-0.2, 0) is 17.8 Å². The van der Waals surface area contributed by atoms with Crippen LogP contribution in [0.5, 0.6) is 0 Å². The zero-order chi connectivity index (χ0) is 21.3. The minimum Gasteiger partial charge on any atom is -0.325 e. The van der Waals surface area contributed by atoms with Crippen LogP contribution in [0.3, 0.4) is 0 Å². The number of hydrogen-bond donors (Lipinski definition) is 1. The molecule has 7 nitrogen and oxygen atoms in total. The van der Waals surface area contributed by atoms with Gasteiger partial charge in [0.05, 0.1) is 0 Å². The van der Waals surface area contributed by atoms with Crippen molar-refractivity contribution in [2.45, 2.75) is 33.7 Å². The van der Waals surface area contributed by atoms with Crippen molar-refractivity contribution in [3.8, 4) is 11.4 Å². The summed E-state index contributed by atoms with van der Waals surface area (Å²) in [6, 6.07) is 17.0. The lowest BCUT2D eigenvalue weighted by atomic mass is 10.1. The lowest BCUT2D eigenvalue weighted by molar-refractivity contribution is -0.116. The van der Waals surface area contributed by atoms with Gasteiger partial charge >= 0.3 is 0 Å². The molecule has 0 bridgehead atoms. The Labute approximate surface area is 174 Å². The van der Waals surface area contributed by atoms with Crippen molar-refractivity contribution in [2.24, 2.45) is 0 Å². The molecule has 0 spiro atoms. The predicted octanol–water partition coefficient (Wildman–Crippen LogP) is 3.38. The number of aromatic nitrogens is 4. The number of benzene rings is 2. The lowest BCUT2D eigenvalue weighted by Crippen LogP contribution is -2.25. The monoisotopic (exact) mass is 401 g/mol. The molecule has 0 fully saturated rings. The molecule has 2 aromatic carbocycles. The minimum absolute atomic E-state index is 0.0249. The fraction of sp³-hybridized carbons (Fsp3) is 0.217. The van der Waals surface area contributed by atoms with Crippen LogP contribution >= 0.6 is 0 Å². The van der Waals surface area contributed by atoms with Crippen molar-refractivity contribution in [1.29, 1.82) is 0 Å². The number of fused-ring (bicyclic) bond motifs is 1. The summed E-state index contributed by atoms with van der Waals surface area (Å²) in [6.45, 7) is 5.88. The van der Waals surface area contributed by atoms with Crippen LogP contribution in [0.15, 0.2) is 59.4 Å². The van der Waals surface area contributed by atoms with Gasteiger partial charge in [-0.15, -0.1) is 5.10 Å². The van der Waals surface area contributed by atoms with Crippen LogP contribution in [0.2, 0.25) is 0 Å². The van der Waals surface area contributed by atoms with Gasteiger partial charge in [0.1, 0.15) is 6.54 Å². The standard InChI is InChI=1S/C23H23N5O2/c1-4-17-8-10-19(11-9-17)24-20(29)14-27-16(3)13-21(30)28-23(27)25-22(26-28)18-7-5-6-15(2)12-18/h5-13H,4,14H2,1-3H3,(H,24,29). The Hall–Kier alpha value is -3.74. The molecule has 0 aliphatic rings. The second-order valence-corrected chi connectivity index (χ2v) is 7.33. The van der Waals surface area contributed by atoms with Crippen molar-refractivity contribution in [2.75, 3.05) is 5.32 Å². The van der Waals surface area contributed by atoms with Crippen LogP contribution in [0.1, 0.15) is 23.7 Å². The summed E-state index contributed by atoms with van der Waals surface area (Å²) < 4.78 is 2.94. The van der Waals surface area contributed by atoms with Gasteiger partial charge in [-0.2, -0.15) is 9.50 Å². The third-order valence-electron chi connectivity index (χ3n) is 5.02. The van der Waals surface area contributed by atoms with Crippen LogP contribution in [0.25, 0.3) is 17.2 Å². The van der Waals surface area contributed by atoms with E-state index in [9.17, 15) is 9.59 Å². The van der Waals surface area contributed by atoms with Crippen LogP contribution in [0.4, 0.5) is 5.69 Å². The first-order chi connectivity index (χ1) is 14.4.